The lowest BCUT2D eigenvalue weighted by Crippen LogP contribution is -2.47. The van der Waals surface area contributed by atoms with Gasteiger partial charge in [0.2, 0.25) is 0 Å². The van der Waals surface area contributed by atoms with Crippen LogP contribution in [0.4, 0.5) is 0 Å². The van der Waals surface area contributed by atoms with Crippen molar-refractivity contribution in [1.29, 1.82) is 0 Å². The van der Waals surface area contributed by atoms with Crippen molar-refractivity contribution in [3.8, 4) is 0 Å². The molecule has 7 heteroatoms. The first-order chi connectivity index (χ1) is 10.2. The molecule has 1 amide bonds. The summed E-state index contributed by atoms with van der Waals surface area (Å²) in [4.78, 5) is 37.1. The fourth-order valence-electron chi connectivity index (χ4n) is 2.83. The highest BCUT2D eigenvalue weighted by Crippen LogP contribution is 2.27. The van der Waals surface area contributed by atoms with Gasteiger partial charge in [-0.2, -0.15) is 0 Å². The van der Waals surface area contributed by atoms with E-state index in [-0.39, 0.29) is 5.91 Å². The highest BCUT2D eigenvalue weighted by atomic mass is 16.6. The van der Waals surface area contributed by atoms with E-state index in [0.29, 0.717) is 25.8 Å². The number of hydrogen-bond acceptors (Lipinski definition) is 5. The summed E-state index contributed by atoms with van der Waals surface area (Å²) in [5.41, 5.74) is -0.605. The van der Waals surface area contributed by atoms with Gasteiger partial charge in [-0.1, -0.05) is 0 Å². The highest BCUT2D eigenvalue weighted by Gasteiger charge is 2.43. The zero-order valence-electron chi connectivity index (χ0n) is 13.2. The van der Waals surface area contributed by atoms with Gasteiger partial charge < -0.3 is 19.5 Å². The molecule has 0 saturated carbocycles. The average molecular weight is 313 g/mol. The Hall–Kier alpha value is -1.63. The van der Waals surface area contributed by atoms with Crippen LogP contribution in [-0.4, -0.2) is 58.2 Å². The van der Waals surface area contributed by atoms with E-state index in [4.69, 9.17) is 14.6 Å². The Morgan fingerprint density at radius 2 is 1.77 bits per heavy atom. The van der Waals surface area contributed by atoms with Crippen LogP contribution in [0, 0.1) is 0 Å². The van der Waals surface area contributed by atoms with Gasteiger partial charge in [0.05, 0.1) is 0 Å². The molecule has 0 aromatic rings. The van der Waals surface area contributed by atoms with Crippen molar-refractivity contribution in [3.63, 3.8) is 0 Å². The minimum Gasteiger partial charge on any atom is -0.479 e. The van der Waals surface area contributed by atoms with Crippen LogP contribution in [0.25, 0.3) is 0 Å². The Morgan fingerprint density at radius 3 is 2.32 bits per heavy atom. The number of nitrogens with zero attached hydrogens (tertiary/aromatic N) is 1. The van der Waals surface area contributed by atoms with Crippen molar-refractivity contribution in [2.24, 2.45) is 0 Å². The molecule has 0 spiro atoms. The van der Waals surface area contributed by atoms with Crippen LogP contribution in [0.2, 0.25) is 0 Å². The van der Waals surface area contributed by atoms with Gasteiger partial charge in [-0.05, 0) is 46.5 Å². The summed E-state index contributed by atoms with van der Waals surface area (Å²) in [6.45, 7) is 5.82. The number of hydrogen-bond donors (Lipinski definition) is 1. The lowest BCUT2D eigenvalue weighted by Gasteiger charge is -2.28. The number of carboxylic acids is 1. The van der Waals surface area contributed by atoms with Gasteiger partial charge in [-0.15, -0.1) is 0 Å². The second-order valence-electron chi connectivity index (χ2n) is 6.75. The molecule has 2 fully saturated rings. The fourth-order valence-corrected chi connectivity index (χ4v) is 2.83. The van der Waals surface area contributed by atoms with Crippen LogP contribution in [0.5, 0.6) is 0 Å². The zero-order valence-corrected chi connectivity index (χ0v) is 13.2. The predicted octanol–water partition coefficient (Wildman–Crippen LogP) is 0.951. The van der Waals surface area contributed by atoms with Crippen LogP contribution in [0.3, 0.4) is 0 Å². The minimum absolute atomic E-state index is 0.308. The van der Waals surface area contributed by atoms with Crippen LogP contribution >= 0.6 is 0 Å². The molecule has 3 atom stereocenters. The molecule has 0 radical (unpaired) electrons. The third-order valence-electron chi connectivity index (χ3n) is 3.79. The van der Waals surface area contributed by atoms with Crippen molar-refractivity contribution >= 4 is 17.8 Å². The van der Waals surface area contributed by atoms with E-state index in [1.165, 1.54) is 4.90 Å². The van der Waals surface area contributed by atoms with Crippen molar-refractivity contribution < 1.29 is 29.0 Å². The molecule has 2 heterocycles. The van der Waals surface area contributed by atoms with Crippen molar-refractivity contribution in [2.45, 2.75) is 70.3 Å². The molecule has 2 rings (SSSR count). The van der Waals surface area contributed by atoms with Crippen LogP contribution in [-0.2, 0) is 23.9 Å². The maximum Gasteiger partial charge on any atom is 0.332 e. The Bertz CT molecular complexity index is 469. The summed E-state index contributed by atoms with van der Waals surface area (Å²) in [7, 11) is 0. The molecular weight excluding hydrogens is 290 g/mol. The smallest absolute Gasteiger partial charge is 0.332 e. The molecular formula is C15H23NO6. The standard InChI is InChI=1S/C15H23NO6/c1-15(2,3)22-14(20)9-5-4-8-16(9)12(17)10-6-7-11(21-10)13(18)19/h9-11H,4-8H2,1-3H3,(H,18,19)/t9-,10+,11-/m1/s1. The maximum atomic E-state index is 12.5. The number of ether oxygens (including phenoxy) is 2. The number of esters is 1. The summed E-state index contributed by atoms with van der Waals surface area (Å²) >= 11 is 0. The van der Waals surface area contributed by atoms with E-state index in [0.717, 1.165) is 6.42 Å². The van der Waals surface area contributed by atoms with E-state index in [2.05, 4.69) is 0 Å². The van der Waals surface area contributed by atoms with Crippen molar-refractivity contribution in [3.05, 3.63) is 0 Å². The highest BCUT2D eigenvalue weighted by molar-refractivity contribution is 5.88. The topological polar surface area (TPSA) is 93.1 Å². The lowest BCUT2D eigenvalue weighted by atomic mass is 10.1. The number of carbonyl (C=O) groups is 3. The quantitative estimate of drug-likeness (QED) is 0.780. The molecule has 2 aliphatic heterocycles. The monoisotopic (exact) mass is 313 g/mol. The first kappa shape index (κ1) is 16.7. The number of rotatable bonds is 3. The summed E-state index contributed by atoms with van der Waals surface area (Å²) in [5, 5.41) is 8.92. The largest absolute Gasteiger partial charge is 0.479 e. The fraction of sp³-hybridized carbons (Fsp3) is 0.800. The maximum absolute atomic E-state index is 12.5. The Morgan fingerprint density at radius 1 is 1.14 bits per heavy atom. The zero-order chi connectivity index (χ0) is 16.5. The SMILES string of the molecule is CC(C)(C)OC(=O)[C@H]1CCCN1C(=O)[C@@H]1CC[C@H](C(=O)O)O1. The minimum atomic E-state index is -1.06. The Balaban J connectivity index is 2.00. The van der Waals surface area contributed by atoms with Crippen molar-refractivity contribution in [2.75, 3.05) is 6.54 Å². The number of aliphatic carboxylic acids is 1. The predicted molar refractivity (Wildman–Crippen MR) is 76.1 cm³/mol. The second kappa shape index (κ2) is 6.24. The molecule has 2 saturated heterocycles. The van der Waals surface area contributed by atoms with E-state index in [1.54, 1.807) is 20.8 Å². The first-order valence-corrected chi connectivity index (χ1v) is 7.60. The lowest BCUT2D eigenvalue weighted by molar-refractivity contribution is -0.166. The number of amides is 1. The Kier molecular flexibility index (Phi) is 4.75. The van der Waals surface area contributed by atoms with Gasteiger partial charge in [-0.3, -0.25) is 4.79 Å². The number of carboxylic acid groups (broad SMARTS) is 1. The van der Waals surface area contributed by atoms with E-state index >= 15 is 0 Å². The van der Waals surface area contributed by atoms with E-state index in [1.807, 2.05) is 0 Å². The van der Waals surface area contributed by atoms with Gasteiger partial charge >= 0.3 is 11.9 Å². The average Bonchev–Trinajstić information content (AvgIpc) is 3.05. The van der Waals surface area contributed by atoms with Gasteiger partial charge in [0, 0.05) is 6.54 Å². The summed E-state index contributed by atoms with van der Waals surface area (Å²) in [6, 6.07) is -0.598. The molecule has 0 bridgehead atoms. The summed E-state index contributed by atoms with van der Waals surface area (Å²) < 4.78 is 10.6. The van der Waals surface area contributed by atoms with Gasteiger partial charge in [0.15, 0.2) is 6.10 Å². The van der Waals surface area contributed by atoms with Gasteiger partial charge in [0.1, 0.15) is 17.7 Å². The molecule has 0 aromatic carbocycles. The Labute approximate surface area is 129 Å². The summed E-state index contributed by atoms with van der Waals surface area (Å²) in [5.74, 6) is -1.77. The van der Waals surface area contributed by atoms with E-state index in [9.17, 15) is 14.4 Å². The third kappa shape index (κ3) is 3.76. The molecule has 0 aliphatic carbocycles. The normalized spacial score (nSPS) is 28.7. The number of carbonyl (C=O) groups excluding carboxylic acids is 2. The van der Waals surface area contributed by atoms with Crippen LogP contribution in [0.15, 0.2) is 0 Å². The molecule has 124 valence electrons. The molecule has 0 unspecified atom stereocenters. The van der Waals surface area contributed by atoms with Crippen LogP contribution in [0.1, 0.15) is 46.5 Å². The van der Waals surface area contributed by atoms with Gasteiger partial charge in [0.25, 0.3) is 5.91 Å². The molecule has 2 aliphatic rings. The molecule has 0 aromatic heterocycles. The third-order valence-corrected chi connectivity index (χ3v) is 3.79. The van der Waals surface area contributed by atoms with Gasteiger partial charge in [-0.25, -0.2) is 9.59 Å². The second-order valence-corrected chi connectivity index (χ2v) is 6.75. The molecule has 7 nitrogen and oxygen atoms in total. The van der Waals surface area contributed by atoms with E-state index < -0.39 is 35.8 Å². The number of likely N-dealkylation sites (tertiary alicyclic amines) is 1. The first-order valence-electron chi connectivity index (χ1n) is 7.60. The molecule has 22 heavy (non-hydrogen) atoms. The molecule has 1 N–H and O–H groups in total. The van der Waals surface area contributed by atoms with Crippen molar-refractivity contribution in [1.82, 2.24) is 4.90 Å². The van der Waals surface area contributed by atoms with Crippen LogP contribution < -0.4 is 0 Å². The summed E-state index contributed by atoms with van der Waals surface area (Å²) in [6.07, 6.45) is 0.269.